The second kappa shape index (κ2) is 4.40. The lowest BCUT2D eigenvalue weighted by Gasteiger charge is -2.46. The zero-order valence-electron chi connectivity index (χ0n) is 8.62. The molecule has 0 amide bonds. The van der Waals surface area contributed by atoms with E-state index in [2.05, 4.69) is 0 Å². The van der Waals surface area contributed by atoms with E-state index in [1.54, 1.807) is 7.11 Å². The van der Waals surface area contributed by atoms with Crippen molar-refractivity contribution in [2.45, 2.75) is 32.3 Å². The van der Waals surface area contributed by atoms with E-state index in [9.17, 15) is 5.11 Å². The highest BCUT2D eigenvalue weighted by Crippen LogP contribution is 2.45. The molecule has 0 spiro atoms. The molecule has 0 bridgehead atoms. The van der Waals surface area contributed by atoms with Gasteiger partial charge in [-0.1, -0.05) is 13.3 Å². The average Bonchev–Trinajstić information content (AvgIpc) is 2.03. The molecule has 0 aliphatic heterocycles. The topological polar surface area (TPSA) is 55.5 Å². The number of aliphatic hydroxyl groups is 1. The Bertz CT molecular complexity index is 151. The van der Waals surface area contributed by atoms with Gasteiger partial charge in [-0.25, -0.2) is 0 Å². The Hall–Kier alpha value is -0.120. The number of hydrogen-bond donors (Lipinski definition) is 2. The zero-order chi connectivity index (χ0) is 9.90. The number of ether oxygens (including phenoxy) is 1. The predicted octanol–water partition coefficient (Wildman–Crippen LogP) is 0.759. The van der Waals surface area contributed by atoms with Crippen molar-refractivity contribution >= 4 is 0 Å². The summed E-state index contributed by atoms with van der Waals surface area (Å²) in [6, 6.07) is 0. The molecule has 2 atom stereocenters. The highest BCUT2D eigenvalue weighted by molar-refractivity contribution is 4.96. The van der Waals surface area contributed by atoms with Crippen LogP contribution in [0.5, 0.6) is 0 Å². The van der Waals surface area contributed by atoms with Crippen LogP contribution < -0.4 is 5.73 Å². The SMILES string of the molecule is COCC(C)C(O)C1(CN)CCC1. The third-order valence-electron chi connectivity index (χ3n) is 3.35. The molecule has 0 aromatic heterocycles. The first-order valence-corrected chi connectivity index (χ1v) is 5.03. The van der Waals surface area contributed by atoms with Gasteiger partial charge in [0.25, 0.3) is 0 Å². The van der Waals surface area contributed by atoms with E-state index in [1.165, 1.54) is 6.42 Å². The third-order valence-corrected chi connectivity index (χ3v) is 3.35. The summed E-state index contributed by atoms with van der Waals surface area (Å²) in [6.45, 7) is 3.23. The molecule has 3 heteroatoms. The minimum Gasteiger partial charge on any atom is -0.392 e. The molecule has 1 fully saturated rings. The summed E-state index contributed by atoms with van der Waals surface area (Å²) in [5.41, 5.74) is 5.70. The van der Waals surface area contributed by atoms with Gasteiger partial charge in [0.2, 0.25) is 0 Å². The maximum Gasteiger partial charge on any atom is 0.0655 e. The highest BCUT2D eigenvalue weighted by Gasteiger charge is 2.44. The van der Waals surface area contributed by atoms with Gasteiger partial charge in [0.1, 0.15) is 0 Å². The molecule has 3 N–H and O–H groups in total. The van der Waals surface area contributed by atoms with E-state index in [4.69, 9.17) is 10.5 Å². The van der Waals surface area contributed by atoms with E-state index in [1.807, 2.05) is 6.92 Å². The molecule has 1 aliphatic rings. The molecule has 1 aliphatic carbocycles. The first-order chi connectivity index (χ1) is 6.16. The van der Waals surface area contributed by atoms with Crippen molar-refractivity contribution in [3.8, 4) is 0 Å². The summed E-state index contributed by atoms with van der Waals surface area (Å²) in [7, 11) is 1.67. The molecule has 0 aromatic carbocycles. The van der Waals surface area contributed by atoms with E-state index < -0.39 is 0 Å². The van der Waals surface area contributed by atoms with Crippen molar-refractivity contribution in [1.29, 1.82) is 0 Å². The van der Waals surface area contributed by atoms with E-state index in [0.29, 0.717) is 13.2 Å². The monoisotopic (exact) mass is 187 g/mol. The maximum atomic E-state index is 10.1. The van der Waals surface area contributed by atoms with Crippen LogP contribution in [0.15, 0.2) is 0 Å². The number of aliphatic hydroxyl groups excluding tert-OH is 1. The summed E-state index contributed by atoms with van der Waals surface area (Å²) in [4.78, 5) is 0. The van der Waals surface area contributed by atoms with Gasteiger partial charge < -0.3 is 15.6 Å². The van der Waals surface area contributed by atoms with Gasteiger partial charge in [-0.15, -0.1) is 0 Å². The first-order valence-electron chi connectivity index (χ1n) is 5.03. The Morgan fingerprint density at radius 3 is 2.46 bits per heavy atom. The molecular formula is C10H21NO2. The van der Waals surface area contributed by atoms with E-state index >= 15 is 0 Å². The standard InChI is InChI=1S/C10H21NO2/c1-8(6-13-2)9(12)10(7-11)4-3-5-10/h8-9,12H,3-7,11H2,1-2H3. The zero-order valence-corrected chi connectivity index (χ0v) is 8.62. The summed E-state index contributed by atoms with van der Waals surface area (Å²) >= 11 is 0. The minimum atomic E-state index is -0.300. The third kappa shape index (κ3) is 2.03. The predicted molar refractivity (Wildman–Crippen MR) is 52.4 cm³/mol. The molecule has 0 heterocycles. The molecule has 13 heavy (non-hydrogen) atoms. The first kappa shape index (κ1) is 11.0. The van der Waals surface area contributed by atoms with Crippen molar-refractivity contribution in [3.05, 3.63) is 0 Å². The fraction of sp³-hybridized carbons (Fsp3) is 1.00. The Labute approximate surface area is 80.3 Å². The fourth-order valence-electron chi connectivity index (χ4n) is 2.21. The number of methoxy groups -OCH3 is 1. The van der Waals surface area contributed by atoms with E-state index in [-0.39, 0.29) is 17.4 Å². The van der Waals surface area contributed by atoms with Crippen LogP contribution in [0.2, 0.25) is 0 Å². The second-order valence-electron chi connectivity index (χ2n) is 4.30. The molecule has 78 valence electrons. The smallest absolute Gasteiger partial charge is 0.0655 e. The Morgan fingerprint density at radius 1 is 1.54 bits per heavy atom. The second-order valence-corrected chi connectivity index (χ2v) is 4.30. The normalized spacial score (nSPS) is 24.9. The Kier molecular flexibility index (Phi) is 3.71. The van der Waals surface area contributed by atoms with Gasteiger partial charge >= 0.3 is 0 Å². The van der Waals surface area contributed by atoms with Crippen molar-refractivity contribution in [1.82, 2.24) is 0 Å². The van der Waals surface area contributed by atoms with Crippen LogP contribution in [0.25, 0.3) is 0 Å². The number of hydrogen-bond acceptors (Lipinski definition) is 3. The van der Waals surface area contributed by atoms with Gasteiger partial charge in [0.15, 0.2) is 0 Å². The van der Waals surface area contributed by atoms with Crippen molar-refractivity contribution in [2.24, 2.45) is 17.1 Å². The molecule has 0 saturated heterocycles. The summed E-state index contributed by atoms with van der Waals surface area (Å²) in [5.74, 6) is 0.189. The molecule has 2 unspecified atom stereocenters. The lowest BCUT2D eigenvalue weighted by Crippen LogP contribution is -2.50. The van der Waals surface area contributed by atoms with Crippen molar-refractivity contribution in [2.75, 3.05) is 20.3 Å². The molecule has 0 aromatic rings. The van der Waals surface area contributed by atoms with Crippen LogP contribution in [0.1, 0.15) is 26.2 Å². The van der Waals surface area contributed by atoms with Gasteiger partial charge in [-0.3, -0.25) is 0 Å². The van der Waals surface area contributed by atoms with Gasteiger partial charge in [0.05, 0.1) is 12.7 Å². The van der Waals surface area contributed by atoms with Crippen LogP contribution in [0.4, 0.5) is 0 Å². The molecule has 1 rings (SSSR count). The fourth-order valence-corrected chi connectivity index (χ4v) is 2.21. The molecule has 3 nitrogen and oxygen atoms in total. The molecule has 0 radical (unpaired) electrons. The van der Waals surface area contributed by atoms with Gasteiger partial charge in [0, 0.05) is 25.0 Å². The lowest BCUT2D eigenvalue weighted by atomic mass is 9.62. The summed E-state index contributed by atoms with van der Waals surface area (Å²) in [5, 5.41) is 10.1. The quantitative estimate of drug-likeness (QED) is 0.668. The van der Waals surface area contributed by atoms with Crippen LogP contribution >= 0.6 is 0 Å². The summed E-state index contributed by atoms with van der Waals surface area (Å²) < 4.78 is 5.03. The maximum absolute atomic E-state index is 10.1. The van der Waals surface area contributed by atoms with Crippen LogP contribution in [-0.4, -0.2) is 31.5 Å². The highest BCUT2D eigenvalue weighted by atomic mass is 16.5. The van der Waals surface area contributed by atoms with Crippen molar-refractivity contribution in [3.63, 3.8) is 0 Å². The number of rotatable bonds is 5. The molecule has 1 saturated carbocycles. The lowest BCUT2D eigenvalue weighted by molar-refractivity contribution is -0.0731. The number of nitrogens with two attached hydrogens (primary N) is 1. The Morgan fingerprint density at radius 2 is 2.15 bits per heavy atom. The van der Waals surface area contributed by atoms with Gasteiger partial charge in [-0.2, -0.15) is 0 Å². The largest absolute Gasteiger partial charge is 0.392 e. The minimum absolute atomic E-state index is 0.00204. The summed E-state index contributed by atoms with van der Waals surface area (Å²) in [6.07, 6.45) is 3.04. The van der Waals surface area contributed by atoms with Crippen LogP contribution in [0.3, 0.4) is 0 Å². The Balaban J connectivity index is 2.48. The van der Waals surface area contributed by atoms with E-state index in [0.717, 1.165) is 12.8 Å². The average molecular weight is 187 g/mol. The van der Waals surface area contributed by atoms with Gasteiger partial charge in [-0.05, 0) is 12.8 Å². The molecular weight excluding hydrogens is 166 g/mol. The van der Waals surface area contributed by atoms with Crippen LogP contribution in [0, 0.1) is 11.3 Å². The van der Waals surface area contributed by atoms with Crippen LogP contribution in [-0.2, 0) is 4.74 Å². The van der Waals surface area contributed by atoms with Crippen molar-refractivity contribution < 1.29 is 9.84 Å².